The molecule has 1 aliphatic heterocycles. The summed E-state index contributed by atoms with van der Waals surface area (Å²) in [4.78, 5) is 36.3. The summed E-state index contributed by atoms with van der Waals surface area (Å²) >= 11 is 0. The molecule has 0 unspecified atom stereocenters. The van der Waals surface area contributed by atoms with Gasteiger partial charge in [0.1, 0.15) is 11.2 Å². The molecule has 6 nitrogen and oxygen atoms in total. The first-order valence-electron chi connectivity index (χ1n) is 8.82. The van der Waals surface area contributed by atoms with Crippen molar-refractivity contribution in [3.8, 4) is 0 Å². The van der Waals surface area contributed by atoms with Crippen LogP contribution in [0.4, 0.5) is 0 Å². The summed E-state index contributed by atoms with van der Waals surface area (Å²) in [5, 5.41) is 0.785. The van der Waals surface area contributed by atoms with Crippen molar-refractivity contribution in [3.63, 3.8) is 0 Å². The monoisotopic (exact) mass is 348 g/mol. The van der Waals surface area contributed by atoms with Gasteiger partial charge in [-0.15, -0.1) is 0 Å². The number of aryl methyl sites for hydroxylation is 1. The van der Waals surface area contributed by atoms with Crippen molar-refractivity contribution in [2.75, 3.05) is 6.54 Å². The zero-order valence-corrected chi connectivity index (χ0v) is 14.6. The molecule has 1 amide bonds. The van der Waals surface area contributed by atoms with Crippen LogP contribution in [0.1, 0.15) is 41.2 Å². The van der Waals surface area contributed by atoms with E-state index >= 15 is 0 Å². The molecule has 1 atom stereocenters. The van der Waals surface area contributed by atoms with E-state index in [2.05, 4.69) is 9.97 Å². The van der Waals surface area contributed by atoms with E-state index in [0.29, 0.717) is 12.2 Å². The van der Waals surface area contributed by atoms with Gasteiger partial charge in [-0.3, -0.25) is 19.1 Å². The first kappa shape index (κ1) is 16.4. The molecule has 3 aromatic heterocycles. The van der Waals surface area contributed by atoms with E-state index in [-0.39, 0.29) is 23.1 Å². The summed E-state index contributed by atoms with van der Waals surface area (Å²) in [6.45, 7) is 0.645. The van der Waals surface area contributed by atoms with Crippen molar-refractivity contribution < 1.29 is 4.79 Å². The number of piperidine rings is 1. The van der Waals surface area contributed by atoms with E-state index in [1.807, 2.05) is 23.1 Å². The Kier molecular flexibility index (Phi) is 4.24. The molecule has 26 heavy (non-hydrogen) atoms. The Morgan fingerprint density at radius 1 is 1.19 bits per heavy atom. The van der Waals surface area contributed by atoms with Crippen molar-refractivity contribution >= 4 is 16.9 Å². The highest BCUT2D eigenvalue weighted by molar-refractivity contribution is 5.97. The average molecular weight is 348 g/mol. The number of carbonyl (C=O) groups excluding carboxylic acids is 1. The maximum absolute atomic E-state index is 13.3. The van der Waals surface area contributed by atoms with Crippen LogP contribution in [-0.4, -0.2) is 31.9 Å². The lowest BCUT2D eigenvalue weighted by molar-refractivity contribution is 0.0609. The van der Waals surface area contributed by atoms with Gasteiger partial charge in [-0.1, -0.05) is 6.07 Å². The quantitative estimate of drug-likeness (QED) is 0.714. The van der Waals surface area contributed by atoms with Gasteiger partial charge in [-0.25, -0.2) is 4.98 Å². The fraction of sp³-hybridized carbons (Fsp3) is 0.300. The highest BCUT2D eigenvalue weighted by Crippen LogP contribution is 2.31. The van der Waals surface area contributed by atoms with Crippen LogP contribution >= 0.6 is 0 Å². The van der Waals surface area contributed by atoms with Gasteiger partial charge in [0, 0.05) is 37.6 Å². The molecule has 1 fully saturated rings. The summed E-state index contributed by atoms with van der Waals surface area (Å²) in [6, 6.07) is 9.17. The molecule has 0 spiro atoms. The lowest BCUT2D eigenvalue weighted by atomic mass is 9.95. The van der Waals surface area contributed by atoms with Crippen molar-refractivity contribution in [2.24, 2.45) is 7.05 Å². The zero-order valence-electron chi connectivity index (χ0n) is 14.6. The molecule has 4 heterocycles. The summed E-state index contributed by atoms with van der Waals surface area (Å²) in [5.74, 6) is -0.218. The van der Waals surface area contributed by atoms with Crippen molar-refractivity contribution in [1.29, 1.82) is 0 Å². The van der Waals surface area contributed by atoms with Gasteiger partial charge in [0.2, 0.25) is 0 Å². The Morgan fingerprint density at radius 3 is 2.85 bits per heavy atom. The summed E-state index contributed by atoms with van der Waals surface area (Å²) in [5.41, 5.74) is 1.48. The second-order valence-corrected chi connectivity index (χ2v) is 6.63. The van der Waals surface area contributed by atoms with Crippen LogP contribution < -0.4 is 5.56 Å². The Morgan fingerprint density at radius 2 is 2.04 bits per heavy atom. The molecular weight excluding hydrogens is 328 g/mol. The molecule has 0 aliphatic carbocycles. The molecule has 3 aromatic rings. The molecule has 0 bridgehead atoms. The van der Waals surface area contributed by atoms with Crippen molar-refractivity contribution in [3.05, 3.63) is 70.4 Å². The van der Waals surface area contributed by atoms with Gasteiger partial charge in [0.05, 0.1) is 6.04 Å². The number of nitrogens with zero attached hydrogens (tertiary/aromatic N) is 4. The maximum atomic E-state index is 13.3. The zero-order chi connectivity index (χ0) is 18.1. The molecular formula is C20H20N4O2. The first-order valence-corrected chi connectivity index (χ1v) is 8.82. The maximum Gasteiger partial charge on any atom is 0.264 e. The minimum absolute atomic E-state index is 0.0424. The number of hydrogen-bond donors (Lipinski definition) is 0. The summed E-state index contributed by atoms with van der Waals surface area (Å²) < 4.78 is 1.45. The van der Waals surface area contributed by atoms with Crippen LogP contribution in [0.15, 0.2) is 53.7 Å². The third-order valence-electron chi connectivity index (χ3n) is 5.03. The number of pyridine rings is 3. The van der Waals surface area contributed by atoms with Crippen LogP contribution in [0.2, 0.25) is 0 Å². The summed E-state index contributed by atoms with van der Waals surface area (Å²) in [6.07, 6.45) is 8.06. The van der Waals surface area contributed by atoms with E-state index in [0.717, 1.165) is 30.2 Å². The van der Waals surface area contributed by atoms with Gasteiger partial charge in [0.15, 0.2) is 0 Å². The predicted octanol–water partition coefficient (Wildman–Crippen LogP) is 2.70. The van der Waals surface area contributed by atoms with Crippen LogP contribution in [-0.2, 0) is 7.05 Å². The van der Waals surface area contributed by atoms with Crippen molar-refractivity contribution in [1.82, 2.24) is 19.4 Å². The molecule has 4 rings (SSSR count). The number of likely N-dealkylation sites (tertiary alicyclic amines) is 1. The standard InChI is InChI=1S/C20H20N4O2/c1-23-18-14(6-5-10-22-18)12-16(19(23)25)20(26)24-11-3-2-8-17(24)15-7-4-9-21-13-15/h4-7,9-10,12-13,17H,2-3,8,11H2,1H3/t17-/m0/s1. The number of aromatic nitrogens is 3. The lowest BCUT2D eigenvalue weighted by Gasteiger charge is -2.36. The minimum atomic E-state index is -0.309. The van der Waals surface area contributed by atoms with Gasteiger partial charge in [-0.05, 0) is 49.1 Å². The van der Waals surface area contributed by atoms with E-state index in [9.17, 15) is 9.59 Å². The lowest BCUT2D eigenvalue weighted by Crippen LogP contribution is -2.41. The third-order valence-corrected chi connectivity index (χ3v) is 5.03. The van der Waals surface area contributed by atoms with E-state index in [1.165, 1.54) is 4.57 Å². The summed E-state index contributed by atoms with van der Waals surface area (Å²) in [7, 11) is 1.66. The molecule has 0 aromatic carbocycles. The van der Waals surface area contributed by atoms with Crippen molar-refractivity contribution in [2.45, 2.75) is 25.3 Å². The number of carbonyl (C=O) groups is 1. The highest BCUT2D eigenvalue weighted by atomic mass is 16.2. The second kappa shape index (κ2) is 6.71. The molecule has 1 saturated heterocycles. The Hall–Kier alpha value is -3.02. The second-order valence-electron chi connectivity index (χ2n) is 6.63. The average Bonchev–Trinajstić information content (AvgIpc) is 2.71. The first-order chi connectivity index (χ1) is 12.7. The van der Waals surface area contributed by atoms with Gasteiger partial charge < -0.3 is 4.90 Å². The van der Waals surface area contributed by atoms with E-state index < -0.39 is 0 Å². The number of rotatable bonds is 2. The smallest absolute Gasteiger partial charge is 0.264 e. The molecule has 0 N–H and O–H groups in total. The Bertz CT molecular complexity index is 1010. The molecule has 0 radical (unpaired) electrons. The predicted molar refractivity (Wildman–Crippen MR) is 98.8 cm³/mol. The number of hydrogen-bond acceptors (Lipinski definition) is 4. The van der Waals surface area contributed by atoms with Gasteiger partial charge >= 0.3 is 0 Å². The normalized spacial score (nSPS) is 17.4. The van der Waals surface area contributed by atoms with E-state index in [1.54, 1.807) is 37.8 Å². The highest BCUT2D eigenvalue weighted by Gasteiger charge is 2.30. The SMILES string of the molecule is Cn1c(=O)c(C(=O)N2CCCC[C@H]2c2cccnc2)cc2cccnc21. The Labute approximate surface area is 151 Å². The fourth-order valence-electron chi connectivity index (χ4n) is 3.70. The van der Waals surface area contributed by atoms with Crippen LogP contribution in [0.3, 0.4) is 0 Å². The number of amides is 1. The third kappa shape index (κ3) is 2.77. The molecule has 1 aliphatic rings. The molecule has 132 valence electrons. The topological polar surface area (TPSA) is 68.1 Å². The molecule has 0 saturated carbocycles. The van der Waals surface area contributed by atoms with Crippen LogP contribution in [0.25, 0.3) is 11.0 Å². The Balaban J connectivity index is 1.78. The number of fused-ring (bicyclic) bond motifs is 1. The molecule has 6 heteroatoms. The fourth-order valence-corrected chi connectivity index (χ4v) is 3.70. The minimum Gasteiger partial charge on any atom is -0.331 e. The van der Waals surface area contributed by atoms with E-state index in [4.69, 9.17) is 0 Å². The van der Waals surface area contributed by atoms with Gasteiger partial charge in [-0.2, -0.15) is 0 Å². The van der Waals surface area contributed by atoms with Crippen LogP contribution in [0, 0.1) is 0 Å². The van der Waals surface area contributed by atoms with Crippen LogP contribution in [0.5, 0.6) is 0 Å². The largest absolute Gasteiger partial charge is 0.331 e. The van der Waals surface area contributed by atoms with Gasteiger partial charge in [0.25, 0.3) is 11.5 Å².